The molecular weight excluding hydrogens is 279 g/mol. The maximum Gasteiger partial charge on any atom is 0.413 e. The van der Waals surface area contributed by atoms with Gasteiger partial charge in [-0.25, -0.2) is 14.2 Å². The fourth-order valence-electron chi connectivity index (χ4n) is 0.906. The molecule has 1 aromatic rings. The van der Waals surface area contributed by atoms with Gasteiger partial charge in [0.05, 0.1) is 0 Å². The lowest BCUT2D eigenvalue weighted by molar-refractivity contribution is 0.0634. The maximum absolute atomic E-state index is 13.2. The number of rotatable bonds is 1. The number of ether oxygens (including phenoxy) is 1. The van der Waals surface area contributed by atoms with Crippen LogP contribution in [0.1, 0.15) is 20.8 Å². The van der Waals surface area contributed by atoms with E-state index in [1.807, 2.05) is 0 Å². The zero-order valence-corrected chi connectivity index (χ0v) is 10.8. The molecular formula is C10H12BrFN2O2. The summed E-state index contributed by atoms with van der Waals surface area (Å²) in [7, 11) is 0. The van der Waals surface area contributed by atoms with Crippen LogP contribution in [0.4, 0.5) is 15.0 Å². The Morgan fingerprint density at radius 1 is 1.50 bits per heavy atom. The SMILES string of the molecule is CC(C)(C)OC(=O)Nc1nc(Br)ccc1F. The molecule has 0 bridgehead atoms. The van der Waals surface area contributed by atoms with Crippen molar-refractivity contribution in [2.75, 3.05) is 5.32 Å². The van der Waals surface area contributed by atoms with Crippen LogP contribution >= 0.6 is 15.9 Å². The van der Waals surface area contributed by atoms with Gasteiger partial charge in [-0.15, -0.1) is 0 Å². The molecule has 0 saturated heterocycles. The Hall–Kier alpha value is -1.17. The first-order valence-corrected chi connectivity index (χ1v) is 5.39. The molecule has 16 heavy (non-hydrogen) atoms. The topological polar surface area (TPSA) is 51.2 Å². The van der Waals surface area contributed by atoms with E-state index in [4.69, 9.17) is 4.74 Å². The van der Waals surface area contributed by atoms with Crippen LogP contribution in [0.25, 0.3) is 0 Å². The number of anilines is 1. The molecule has 0 aliphatic carbocycles. The lowest BCUT2D eigenvalue weighted by atomic mass is 10.2. The van der Waals surface area contributed by atoms with Gasteiger partial charge in [-0.1, -0.05) is 0 Å². The molecule has 0 atom stereocenters. The maximum atomic E-state index is 13.2. The van der Waals surface area contributed by atoms with Gasteiger partial charge >= 0.3 is 6.09 Å². The van der Waals surface area contributed by atoms with Crippen LogP contribution in [-0.4, -0.2) is 16.7 Å². The number of pyridine rings is 1. The molecule has 0 saturated carbocycles. The van der Waals surface area contributed by atoms with E-state index in [1.165, 1.54) is 12.1 Å². The number of amides is 1. The summed E-state index contributed by atoms with van der Waals surface area (Å²) in [6.07, 6.45) is -0.739. The second-order valence-corrected chi connectivity index (χ2v) is 4.90. The second-order valence-electron chi connectivity index (χ2n) is 4.09. The summed E-state index contributed by atoms with van der Waals surface area (Å²) in [6.45, 7) is 5.16. The number of aromatic nitrogens is 1. The van der Waals surface area contributed by atoms with E-state index >= 15 is 0 Å². The second kappa shape index (κ2) is 4.78. The van der Waals surface area contributed by atoms with Gasteiger partial charge in [-0.3, -0.25) is 5.32 Å². The molecule has 0 fully saturated rings. The number of hydrogen-bond donors (Lipinski definition) is 1. The Bertz CT molecular complexity index is 404. The zero-order chi connectivity index (χ0) is 12.3. The summed E-state index contributed by atoms with van der Waals surface area (Å²) in [5.74, 6) is -0.780. The van der Waals surface area contributed by atoms with Crippen LogP contribution < -0.4 is 5.32 Å². The summed E-state index contributed by atoms with van der Waals surface area (Å²) >= 11 is 3.08. The first-order chi connectivity index (χ1) is 7.28. The predicted molar refractivity (Wildman–Crippen MR) is 61.8 cm³/mol. The van der Waals surface area contributed by atoms with Crippen molar-refractivity contribution in [2.24, 2.45) is 0 Å². The highest BCUT2D eigenvalue weighted by Gasteiger charge is 2.17. The molecule has 0 aliphatic rings. The van der Waals surface area contributed by atoms with E-state index in [2.05, 4.69) is 26.2 Å². The van der Waals surface area contributed by atoms with Crippen LogP contribution in [0.15, 0.2) is 16.7 Å². The smallest absolute Gasteiger partial charge is 0.413 e. The Kier molecular flexibility index (Phi) is 3.85. The fourth-order valence-corrected chi connectivity index (χ4v) is 1.22. The van der Waals surface area contributed by atoms with E-state index in [1.54, 1.807) is 20.8 Å². The molecule has 0 radical (unpaired) electrons. The van der Waals surface area contributed by atoms with Gasteiger partial charge in [0.15, 0.2) is 11.6 Å². The third-order valence-electron chi connectivity index (χ3n) is 1.43. The molecule has 1 amide bonds. The van der Waals surface area contributed by atoms with Crippen LogP contribution in [0.2, 0.25) is 0 Å². The van der Waals surface area contributed by atoms with Gasteiger partial charge in [-0.2, -0.15) is 0 Å². The molecule has 0 aliphatic heterocycles. The van der Waals surface area contributed by atoms with Crippen LogP contribution in [-0.2, 0) is 4.74 Å². The number of nitrogens with one attached hydrogen (secondary N) is 1. The highest BCUT2D eigenvalue weighted by molar-refractivity contribution is 9.10. The first-order valence-electron chi connectivity index (χ1n) is 4.60. The van der Waals surface area contributed by atoms with Gasteiger partial charge in [0.2, 0.25) is 0 Å². The van der Waals surface area contributed by atoms with Crippen LogP contribution in [0.5, 0.6) is 0 Å². The number of halogens is 2. The van der Waals surface area contributed by atoms with E-state index in [-0.39, 0.29) is 5.82 Å². The summed E-state index contributed by atoms with van der Waals surface area (Å²) in [4.78, 5) is 15.1. The quantitative estimate of drug-likeness (QED) is 0.807. The predicted octanol–water partition coefficient (Wildman–Crippen LogP) is 3.33. The number of nitrogens with zero attached hydrogens (tertiary/aromatic N) is 1. The lowest BCUT2D eigenvalue weighted by Gasteiger charge is -2.19. The number of carbonyl (C=O) groups is 1. The van der Waals surface area contributed by atoms with Crippen molar-refractivity contribution in [3.8, 4) is 0 Å². The first kappa shape index (κ1) is 12.9. The minimum Gasteiger partial charge on any atom is -0.444 e. The summed E-state index contributed by atoms with van der Waals surface area (Å²) < 4.78 is 18.6. The third-order valence-corrected chi connectivity index (χ3v) is 1.87. The lowest BCUT2D eigenvalue weighted by Crippen LogP contribution is -2.27. The summed E-state index contributed by atoms with van der Waals surface area (Å²) in [5, 5.41) is 2.23. The summed E-state index contributed by atoms with van der Waals surface area (Å²) in [5.41, 5.74) is -0.632. The van der Waals surface area contributed by atoms with E-state index in [0.29, 0.717) is 4.60 Å². The highest BCUT2D eigenvalue weighted by atomic mass is 79.9. The molecule has 1 rings (SSSR count). The molecule has 1 heterocycles. The van der Waals surface area contributed by atoms with E-state index in [9.17, 15) is 9.18 Å². The van der Waals surface area contributed by atoms with Gasteiger partial charge < -0.3 is 4.74 Å². The van der Waals surface area contributed by atoms with Crippen molar-refractivity contribution < 1.29 is 13.9 Å². The Morgan fingerprint density at radius 2 is 2.12 bits per heavy atom. The standard InChI is InChI=1S/C10H12BrFN2O2/c1-10(2,3)16-9(15)14-8-6(12)4-5-7(11)13-8/h4-5H,1-3H3,(H,13,14,15). The number of carbonyl (C=O) groups excluding carboxylic acids is 1. The molecule has 0 spiro atoms. The minimum absolute atomic E-state index is 0.163. The minimum atomic E-state index is -0.739. The average Bonchev–Trinajstić information content (AvgIpc) is 2.08. The Morgan fingerprint density at radius 3 is 2.69 bits per heavy atom. The zero-order valence-electron chi connectivity index (χ0n) is 9.17. The van der Waals surface area contributed by atoms with Gasteiger partial charge in [0.1, 0.15) is 10.2 Å². The Balaban J connectivity index is 2.73. The largest absolute Gasteiger partial charge is 0.444 e. The monoisotopic (exact) mass is 290 g/mol. The highest BCUT2D eigenvalue weighted by Crippen LogP contribution is 2.16. The average molecular weight is 291 g/mol. The van der Waals surface area contributed by atoms with Crippen molar-refractivity contribution in [3.05, 3.63) is 22.6 Å². The fraction of sp³-hybridized carbons (Fsp3) is 0.400. The molecule has 4 nitrogen and oxygen atoms in total. The Labute approximate surface area is 101 Å². The molecule has 0 unspecified atom stereocenters. The van der Waals surface area contributed by atoms with E-state index in [0.717, 1.165) is 0 Å². The van der Waals surface area contributed by atoms with Gasteiger partial charge in [-0.05, 0) is 48.8 Å². The third kappa shape index (κ3) is 4.14. The van der Waals surface area contributed by atoms with Crippen molar-refractivity contribution in [1.29, 1.82) is 0 Å². The molecule has 6 heteroatoms. The van der Waals surface area contributed by atoms with Gasteiger partial charge in [0, 0.05) is 0 Å². The van der Waals surface area contributed by atoms with Crippen molar-refractivity contribution in [2.45, 2.75) is 26.4 Å². The molecule has 1 N–H and O–H groups in total. The number of hydrogen-bond acceptors (Lipinski definition) is 3. The van der Waals surface area contributed by atoms with Crippen molar-refractivity contribution >= 4 is 27.8 Å². The normalized spacial score (nSPS) is 11.1. The van der Waals surface area contributed by atoms with E-state index < -0.39 is 17.5 Å². The van der Waals surface area contributed by atoms with Crippen molar-refractivity contribution in [1.82, 2.24) is 4.98 Å². The summed E-state index contributed by atoms with van der Waals surface area (Å²) in [6, 6.07) is 2.64. The molecule has 1 aromatic heterocycles. The van der Waals surface area contributed by atoms with Gasteiger partial charge in [0.25, 0.3) is 0 Å². The molecule has 88 valence electrons. The molecule has 0 aromatic carbocycles. The van der Waals surface area contributed by atoms with Crippen LogP contribution in [0.3, 0.4) is 0 Å². The van der Waals surface area contributed by atoms with Crippen LogP contribution in [0, 0.1) is 5.82 Å². The van der Waals surface area contributed by atoms with Crippen molar-refractivity contribution in [3.63, 3.8) is 0 Å².